The maximum absolute atomic E-state index is 5.75. The van der Waals surface area contributed by atoms with Crippen LogP contribution in [0, 0.1) is 59.5 Å². The van der Waals surface area contributed by atoms with Crippen molar-refractivity contribution in [3.63, 3.8) is 0 Å². The first-order chi connectivity index (χ1) is 66.6. The minimum atomic E-state index is -0.113. The summed E-state index contributed by atoms with van der Waals surface area (Å²) in [6, 6.07) is 29.6. The first kappa shape index (κ1) is 134. The molecule has 0 aliphatic heterocycles. The Morgan fingerprint density at radius 2 is 0.500 bits per heavy atom. The third kappa shape index (κ3) is 85.2. The Balaban J connectivity index is 0. The lowest BCUT2D eigenvalue weighted by Crippen LogP contribution is -2.27. The molecule has 0 bridgehead atoms. The Hall–Kier alpha value is -6.40. The van der Waals surface area contributed by atoms with Crippen molar-refractivity contribution in [2.75, 3.05) is 185 Å². The van der Waals surface area contributed by atoms with Gasteiger partial charge in [0.05, 0.1) is 121 Å². The van der Waals surface area contributed by atoms with Gasteiger partial charge in [0.1, 0.15) is 112 Å². The summed E-state index contributed by atoms with van der Waals surface area (Å²) >= 11 is 0. The second kappa shape index (κ2) is 95.4. The molecule has 1 aromatic heterocycles. The quantitative estimate of drug-likeness (QED) is 0.0258. The summed E-state index contributed by atoms with van der Waals surface area (Å²) in [5.74, 6) is 6.46. The normalized spacial score (nSPS) is 12.8. The highest BCUT2D eigenvalue weighted by molar-refractivity contribution is 5.43. The summed E-state index contributed by atoms with van der Waals surface area (Å²) in [5, 5.41) is 0. The Morgan fingerprint density at radius 3 is 0.833 bits per heavy atom. The molecule has 0 atom stereocenters. The monoisotopic (exact) mass is 1960 g/mol. The van der Waals surface area contributed by atoms with Gasteiger partial charge in [-0.15, -0.1) is 0 Å². The summed E-state index contributed by atoms with van der Waals surface area (Å²) in [4.78, 5) is 0. The van der Waals surface area contributed by atoms with E-state index in [2.05, 4.69) is 65.8 Å². The van der Waals surface area contributed by atoms with Crippen molar-refractivity contribution in [1.29, 1.82) is 0 Å². The largest absolute Gasteiger partial charge is 0.552 e. The fraction of sp³-hybridized carbons (Fsp3) is 0.661. The van der Waals surface area contributed by atoms with Gasteiger partial charge in [0.25, 0.3) is 0 Å². The molecule has 0 saturated heterocycles. The lowest BCUT2D eigenvalue weighted by atomic mass is 9.78. The van der Waals surface area contributed by atoms with Crippen LogP contribution in [0.1, 0.15) is 237 Å². The Morgan fingerprint density at radius 1 is 0.254 bits per heavy atom. The molecule has 0 N–H and O–H groups in total. The van der Waals surface area contributed by atoms with Gasteiger partial charge in [-0.25, -0.2) is 59.5 Å². The highest BCUT2D eigenvalue weighted by Gasteiger charge is 2.24. The standard InChI is InChI=1S/C24H33O4.C19H30O6.C15H23O4.C13H21O5.C11H23O4.C11H21O2.C9H19O2.C7H15O2/c1-6-25-15-16-27-22-11-7-20(8-12-22)24(4,5)21-9-13-23(14-10-21)28-18-17-26-19(2)3;1-5-20-7-9-23-17-13-18(24-10-8-21-6-2)15-19(14-17)25-12-11-22-16(3)4;1-4-16-8-9-18-14-6-5-7-15(12-14)19-11-10-17-13(2)3;1-4-14-5-6-17-12-9-15-10-13(12)18-8-7-16-11(2)3;1-4-12-5-6-13-7-8-14-9-10-15-11(2)3;1-4-12-10-5-7-11(8-6-10)13-9(2)3;1-4-10-7-5-6-8-11-9(2)3;1-4-8-5-6-9-7(2)3/h6-14,19H,15-18H2,1-5H3;5-6,13-16H,7-12H2,1-4H3;4-7,12-13H,8-11H2,1-3H3;4,9-11H,5-8H2,1-3H3;4,11H,5-10H2,1-3H3;4,9-11H,5-8H2,1-3H3;4,9H,5-8H2,1-3H3;4,7H,5-6H2,1-3H3/q-1;-2;6*-1. The number of unbranched alkanes of at least 4 members (excludes halogenated alkanes) is 1. The molecule has 1 fully saturated rings. The molecule has 6 rings (SSSR count). The molecule has 804 valence electrons. The molecule has 1 aliphatic carbocycles. The predicted octanol–water partition coefficient (Wildman–Crippen LogP) is 23.3. The summed E-state index contributed by atoms with van der Waals surface area (Å²) < 4.78 is 156. The van der Waals surface area contributed by atoms with Crippen LogP contribution >= 0.6 is 0 Å². The minimum Gasteiger partial charge on any atom is -0.552 e. The predicted molar refractivity (Wildman–Crippen MR) is 545 cm³/mol. The molecule has 29 nitrogen and oxygen atoms in total. The third-order valence-electron chi connectivity index (χ3n) is 17.8. The summed E-state index contributed by atoms with van der Waals surface area (Å²) in [7, 11) is 0. The molecular formula is C109H185O29-9. The van der Waals surface area contributed by atoms with Crippen LogP contribution in [0.4, 0.5) is 0 Å². The van der Waals surface area contributed by atoms with Crippen LogP contribution < -0.4 is 42.6 Å². The second-order valence-corrected chi connectivity index (χ2v) is 32.7. The number of benzene rings is 4. The maximum atomic E-state index is 5.75. The van der Waals surface area contributed by atoms with Crippen molar-refractivity contribution < 1.29 is 137 Å². The first-order valence-corrected chi connectivity index (χ1v) is 49.5. The van der Waals surface area contributed by atoms with E-state index in [1.165, 1.54) is 23.7 Å². The smallest absolute Gasteiger partial charge is 0.199 e. The van der Waals surface area contributed by atoms with Gasteiger partial charge in [0.15, 0.2) is 11.5 Å². The van der Waals surface area contributed by atoms with Crippen LogP contribution in [0.25, 0.3) is 0 Å². The zero-order valence-corrected chi connectivity index (χ0v) is 89.7. The molecule has 0 amide bonds. The lowest BCUT2D eigenvalue weighted by molar-refractivity contribution is -0.0404. The number of rotatable bonds is 74. The van der Waals surface area contributed by atoms with Gasteiger partial charge in [-0.2, -0.15) is 62.3 Å². The van der Waals surface area contributed by atoms with E-state index >= 15 is 0 Å². The third-order valence-corrected chi connectivity index (χ3v) is 17.8. The fourth-order valence-corrected chi connectivity index (χ4v) is 11.4. The van der Waals surface area contributed by atoms with Crippen LogP contribution in [-0.2, 0) is 95.4 Å². The summed E-state index contributed by atoms with van der Waals surface area (Å²) in [6.45, 7) is 84.5. The average Bonchev–Trinajstić information content (AvgIpc) is 0.877. The minimum absolute atomic E-state index is 0.113. The molecule has 1 saturated carbocycles. The van der Waals surface area contributed by atoms with Gasteiger partial charge in [-0.1, -0.05) is 44.2 Å². The molecule has 5 aromatic rings. The molecule has 0 spiro atoms. The number of furan rings is 1. The average molecular weight is 1960 g/mol. The van der Waals surface area contributed by atoms with Gasteiger partial charge in [-0.05, 0) is 197 Å². The van der Waals surface area contributed by atoms with E-state index in [1.54, 1.807) is 59.5 Å². The van der Waals surface area contributed by atoms with Gasteiger partial charge >= 0.3 is 0 Å². The lowest BCUT2D eigenvalue weighted by Gasteiger charge is -2.32. The molecule has 0 unspecified atom stereocenters. The summed E-state index contributed by atoms with van der Waals surface area (Å²) in [6.07, 6.45) is 12.8. The zero-order chi connectivity index (χ0) is 103. The topological polar surface area (TPSA) is 272 Å². The van der Waals surface area contributed by atoms with Crippen LogP contribution in [0.3, 0.4) is 0 Å². The van der Waals surface area contributed by atoms with Crippen molar-refractivity contribution in [2.24, 2.45) is 0 Å². The number of hydrogen-bond acceptors (Lipinski definition) is 29. The van der Waals surface area contributed by atoms with Gasteiger partial charge in [-0.3, -0.25) is 0 Å². The molecule has 29 heteroatoms. The highest BCUT2D eigenvalue weighted by Crippen LogP contribution is 2.35. The van der Waals surface area contributed by atoms with Crippen LogP contribution in [-0.4, -0.2) is 246 Å². The van der Waals surface area contributed by atoms with E-state index in [-0.39, 0.29) is 35.9 Å². The van der Waals surface area contributed by atoms with Crippen LogP contribution in [0.15, 0.2) is 108 Å². The van der Waals surface area contributed by atoms with Crippen molar-refractivity contribution >= 4 is 0 Å². The van der Waals surface area contributed by atoms with Crippen LogP contribution in [0.2, 0.25) is 0 Å². The van der Waals surface area contributed by atoms with Crippen molar-refractivity contribution in [3.8, 4) is 51.7 Å². The number of hydrogen-bond donors (Lipinski definition) is 0. The highest BCUT2D eigenvalue weighted by atomic mass is 16.6. The Kier molecular flexibility index (Phi) is 92.4. The van der Waals surface area contributed by atoms with Gasteiger partial charge in [0, 0.05) is 95.2 Å². The van der Waals surface area contributed by atoms with E-state index in [4.69, 9.17) is 137 Å². The second-order valence-electron chi connectivity index (χ2n) is 32.7. The Labute approximate surface area is 835 Å². The van der Waals surface area contributed by atoms with Crippen molar-refractivity contribution in [2.45, 2.75) is 292 Å². The van der Waals surface area contributed by atoms with Gasteiger partial charge in [0.2, 0.25) is 0 Å². The van der Waals surface area contributed by atoms with Crippen molar-refractivity contribution in [1.82, 2.24) is 0 Å². The van der Waals surface area contributed by atoms with Gasteiger partial charge < -0.3 is 137 Å². The summed E-state index contributed by atoms with van der Waals surface area (Å²) in [5.41, 5.74) is 2.36. The molecule has 1 heterocycles. The van der Waals surface area contributed by atoms with E-state index in [0.717, 1.165) is 74.7 Å². The van der Waals surface area contributed by atoms with Crippen LogP contribution in [0.5, 0.6) is 51.7 Å². The van der Waals surface area contributed by atoms with E-state index in [0.29, 0.717) is 231 Å². The molecular weight excluding hydrogens is 1770 g/mol. The first-order valence-electron chi connectivity index (χ1n) is 49.5. The van der Waals surface area contributed by atoms with E-state index in [9.17, 15) is 0 Å². The van der Waals surface area contributed by atoms with E-state index < -0.39 is 0 Å². The Bertz CT molecular complexity index is 3280. The molecule has 1 aliphatic rings. The SMILES string of the molecule is C[CH-]OC1CCC(OC(C)C)CC1.C[CH-]OCCCCOC(C)C.C[CH-]OCCOC(C)C.C[CH-]OCCOCCOCCOC(C)C.C[CH-]OCCOc1cc(OCCO[CH-]C)cc(OCCOC(C)C)c1.C[CH-]OCCOc1ccc(C(C)(C)c2ccc(OCCOC(C)C)cc2)cc1.C[CH-]OCCOc1cccc(OCCOC(C)C)c1.C[CH-]OCCOc1cocc1OCCOC(C)C. The van der Waals surface area contributed by atoms with E-state index in [1.807, 2.05) is 212 Å². The zero-order valence-electron chi connectivity index (χ0n) is 89.7. The molecule has 138 heavy (non-hydrogen) atoms. The van der Waals surface area contributed by atoms with Crippen molar-refractivity contribution in [3.05, 3.63) is 174 Å². The molecule has 0 radical (unpaired) electrons. The maximum Gasteiger partial charge on any atom is 0.199 e. The number of ether oxygens (including phenoxy) is 28. The fourth-order valence-electron chi connectivity index (χ4n) is 11.4. The molecule has 4 aromatic carbocycles.